The maximum Gasteiger partial charge on any atom is 0.310 e. The van der Waals surface area contributed by atoms with E-state index in [-0.39, 0.29) is 17.8 Å². The molecule has 0 N–H and O–H groups in total. The van der Waals surface area contributed by atoms with Gasteiger partial charge in [-0.25, -0.2) is 0 Å². The Bertz CT molecular complexity index is 1030. The van der Waals surface area contributed by atoms with Crippen molar-refractivity contribution in [1.29, 1.82) is 0 Å². The van der Waals surface area contributed by atoms with Gasteiger partial charge in [-0.2, -0.15) is 5.10 Å². The number of carbonyl (C=O) groups excluding carboxylic acids is 2. The monoisotopic (exact) mass is 417 g/mol. The van der Waals surface area contributed by atoms with E-state index < -0.39 is 0 Å². The Hall–Kier alpha value is -3.41. The minimum Gasteiger partial charge on any atom is -0.466 e. The Labute approximate surface area is 182 Å². The van der Waals surface area contributed by atoms with Gasteiger partial charge in [0, 0.05) is 24.8 Å². The smallest absolute Gasteiger partial charge is 0.310 e. The molecule has 160 valence electrons. The lowest BCUT2D eigenvalue weighted by Gasteiger charge is -2.31. The lowest BCUT2D eigenvalue weighted by molar-refractivity contribution is -0.149. The normalized spacial score (nSPS) is 16.2. The summed E-state index contributed by atoms with van der Waals surface area (Å²) >= 11 is 0. The van der Waals surface area contributed by atoms with Crippen LogP contribution in [-0.2, 0) is 16.1 Å². The molecule has 0 unspecified atom stereocenters. The van der Waals surface area contributed by atoms with Gasteiger partial charge in [-0.1, -0.05) is 60.7 Å². The van der Waals surface area contributed by atoms with E-state index in [1.54, 1.807) is 11.8 Å². The fourth-order valence-electron chi connectivity index (χ4n) is 4.02. The standard InChI is InChI=1S/C25H27N3O3/c1-2-31-25(30)21-14-9-15-27(17-21)24(29)22-18-28(16-19-10-5-3-6-11-19)26-23(22)20-12-7-4-8-13-20/h3-8,10-13,18,21H,2,9,14-17H2,1H3/t21-/m1/s1. The van der Waals surface area contributed by atoms with Crippen molar-refractivity contribution in [3.05, 3.63) is 78.0 Å². The summed E-state index contributed by atoms with van der Waals surface area (Å²) in [5.74, 6) is -0.576. The molecule has 6 heteroatoms. The summed E-state index contributed by atoms with van der Waals surface area (Å²) in [5.41, 5.74) is 3.24. The quantitative estimate of drug-likeness (QED) is 0.569. The van der Waals surface area contributed by atoms with Gasteiger partial charge < -0.3 is 9.64 Å². The van der Waals surface area contributed by atoms with Gasteiger partial charge in [-0.3, -0.25) is 14.3 Å². The Morgan fingerprint density at radius 1 is 1.06 bits per heavy atom. The predicted octanol–water partition coefficient (Wildman–Crippen LogP) is 4.01. The van der Waals surface area contributed by atoms with Crippen molar-refractivity contribution in [2.75, 3.05) is 19.7 Å². The highest BCUT2D eigenvalue weighted by atomic mass is 16.5. The third kappa shape index (κ3) is 4.85. The summed E-state index contributed by atoms with van der Waals surface area (Å²) in [7, 11) is 0. The minimum atomic E-state index is -0.266. The number of esters is 1. The van der Waals surface area contributed by atoms with Crippen LogP contribution in [0.1, 0.15) is 35.7 Å². The summed E-state index contributed by atoms with van der Waals surface area (Å²) in [6.07, 6.45) is 3.36. The molecule has 1 aliphatic rings. The molecule has 4 rings (SSSR count). The molecule has 1 aromatic heterocycles. The molecular weight excluding hydrogens is 390 g/mol. The number of ether oxygens (including phenoxy) is 1. The van der Waals surface area contributed by atoms with Crippen LogP contribution in [0, 0.1) is 5.92 Å². The molecule has 6 nitrogen and oxygen atoms in total. The highest BCUT2D eigenvalue weighted by Crippen LogP contribution is 2.26. The number of piperidine rings is 1. The number of nitrogens with zero attached hydrogens (tertiary/aromatic N) is 3. The number of amides is 1. The van der Waals surface area contributed by atoms with E-state index in [2.05, 4.69) is 0 Å². The van der Waals surface area contributed by atoms with Gasteiger partial charge in [0.05, 0.1) is 24.6 Å². The molecule has 0 aliphatic carbocycles. The first-order valence-electron chi connectivity index (χ1n) is 10.8. The molecule has 31 heavy (non-hydrogen) atoms. The van der Waals surface area contributed by atoms with Crippen molar-refractivity contribution in [3.8, 4) is 11.3 Å². The van der Waals surface area contributed by atoms with E-state index in [0.29, 0.717) is 37.5 Å². The van der Waals surface area contributed by atoms with E-state index >= 15 is 0 Å². The molecule has 0 spiro atoms. The molecule has 1 atom stereocenters. The number of hydrogen-bond donors (Lipinski definition) is 0. The van der Waals surface area contributed by atoms with Crippen LogP contribution in [0.3, 0.4) is 0 Å². The predicted molar refractivity (Wildman–Crippen MR) is 118 cm³/mol. The van der Waals surface area contributed by atoms with Crippen LogP contribution in [0.4, 0.5) is 0 Å². The van der Waals surface area contributed by atoms with Crippen molar-refractivity contribution >= 4 is 11.9 Å². The van der Waals surface area contributed by atoms with Gasteiger partial charge in [-0.05, 0) is 25.3 Å². The second kappa shape index (κ2) is 9.60. The van der Waals surface area contributed by atoms with E-state index in [0.717, 1.165) is 24.0 Å². The van der Waals surface area contributed by atoms with Gasteiger partial charge >= 0.3 is 5.97 Å². The molecule has 1 amide bonds. The summed E-state index contributed by atoms with van der Waals surface area (Å²) in [6.45, 7) is 3.76. The summed E-state index contributed by atoms with van der Waals surface area (Å²) in [5, 5.41) is 4.75. The molecule has 1 saturated heterocycles. The van der Waals surface area contributed by atoms with Gasteiger partial charge in [0.2, 0.25) is 0 Å². The fraction of sp³-hybridized carbons (Fsp3) is 0.320. The second-order valence-electron chi connectivity index (χ2n) is 7.78. The highest BCUT2D eigenvalue weighted by molar-refractivity contribution is 6.00. The molecule has 2 heterocycles. The Morgan fingerprint density at radius 3 is 2.48 bits per heavy atom. The van der Waals surface area contributed by atoms with Crippen LogP contribution in [0.5, 0.6) is 0 Å². The Morgan fingerprint density at radius 2 is 1.77 bits per heavy atom. The lowest BCUT2D eigenvalue weighted by Crippen LogP contribution is -2.42. The third-order valence-electron chi connectivity index (χ3n) is 5.56. The van der Waals surface area contributed by atoms with Crippen LogP contribution in [0.15, 0.2) is 66.9 Å². The zero-order valence-corrected chi connectivity index (χ0v) is 17.7. The van der Waals surface area contributed by atoms with Crippen molar-refractivity contribution in [2.45, 2.75) is 26.3 Å². The second-order valence-corrected chi connectivity index (χ2v) is 7.78. The van der Waals surface area contributed by atoms with Gasteiger partial charge in [0.1, 0.15) is 5.69 Å². The molecule has 1 fully saturated rings. The number of rotatable bonds is 6. The number of benzene rings is 2. The Kier molecular flexibility index (Phi) is 6.46. The Balaban J connectivity index is 1.62. The van der Waals surface area contributed by atoms with Crippen molar-refractivity contribution in [2.24, 2.45) is 5.92 Å². The molecule has 1 aliphatic heterocycles. The van der Waals surface area contributed by atoms with E-state index in [1.165, 1.54) is 0 Å². The summed E-state index contributed by atoms with van der Waals surface area (Å²) in [6, 6.07) is 19.8. The van der Waals surface area contributed by atoms with Crippen molar-refractivity contribution < 1.29 is 14.3 Å². The molecular formula is C25H27N3O3. The topological polar surface area (TPSA) is 64.4 Å². The van der Waals surface area contributed by atoms with Crippen molar-refractivity contribution in [1.82, 2.24) is 14.7 Å². The van der Waals surface area contributed by atoms with Crippen LogP contribution in [0.2, 0.25) is 0 Å². The summed E-state index contributed by atoms with van der Waals surface area (Å²) in [4.78, 5) is 27.5. The zero-order valence-electron chi connectivity index (χ0n) is 17.7. The highest BCUT2D eigenvalue weighted by Gasteiger charge is 2.31. The lowest BCUT2D eigenvalue weighted by atomic mass is 9.97. The maximum absolute atomic E-state index is 13.5. The van der Waals surface area contributed by atoms with Crippen LogP contribution >= 0.6 is 0 Å². The number of likely N-dealkylation sites (tertiary alicyclic amines) is 1. The molecule has 3 aromatic rings. The molecule has 0 bridgehead atoms. The average Bonchev–Trinajstić information content (AvgIpc) is 3.24. The van der Waals surface area contributed by atoms with Gasteiger partial charge in [0.15, 0.2) is 0 Å². The molecule has 0 saturated carbocycles. The summed E-state index contributed by atoms with van der Waals surface area (Å²) < 4.78 is 7.00. The van der Waals surface area contributed by atoms with Crippen LogP contribution in [-0.4, -0.2) is 46.3 Å². The third-order valence-corrected chi connectivity index (χ3v) is 5.56. The van der Waals surface area contributed by atoms with Crippen LogP contribution in [0.25, 0.3) is 11.3 Å². The van der Waals surface area contributed by atoms with E-state index in [1.807, 2.05) is 71.5 Å². The van der Waals surface area contributed by atoms with E-state index in [4.69, 9.17) is 9.84 Å². The maximum atomic E-state index is 13.5. The fourth-order valence-corrected chi connectivity index (χ4v) is 4.02. The van der Waals surface area contributed by atoms with E-state index in [9.17, 15) is 9.59 Å². The average molecular weight is 418 g/mol. The zero-order chi connectivity index (χ0) is 21.6. The van der Waals surface area contributed by atoms with Crippen LogP contribution < -0.4 is 0 Å². The minimum absolute atomic E-state index is 0.0906. The molecule has 0 radical (unpaired) electrons. The van der Waals surface area contributed by atoms with Gasteiger partial charge in [-0.15, -0.1) is 0 Å². The first-order valence-corrected chi connectivity index (χ1v) is 10.8. The van der Waals surface area contributed by atoms with Gasteiger partial charge in [0.25, 0.3) is 5.91 Å². The largest absolute Gasteiger partial charge is 0.466 e. The number of hydrogen-bond acceptors (Lipinski definition) is 4. The first kappa shape index (κ1) is 20.8. The number of aromatic nitrogens is 2. The SMILES string of the molecule is CCOC(=O)[C@@H]1CCCN(C(=O)c2cn(Cc3ccccc3)nc2-c2ccccc2)C1. The van der Waals surface area contributed by atoms with Crippen molar-refractivity contribution in [3.63, 3.8) is 0 Å². The number of carbonyl (C=O) groups is 2. The molecule has 2 aromatic carbocycles. The first-order chi connectivity index (χ1) is 15.2.